The van der Waals surface area contributed by atoms with E-state index in [0.29, 0.717) is 0 Å². The van der Waals surface area contributed by atoms with Crippen LogP contribution in [0.3, 0.4) is 0 Å². The van der Waals surface area contributed by atoms with Gasteiger partial charge in [0, 0.05) is 16.5 Å². The minimum Gasteiger partial charge on any atom is -0.373 e. The molecule has 0 radical (unpaired) electrons. The summed E-state index contributed by atoms with van der Waals surface area (Å²) in [7, 11) is 0. The molecule has 0 aliphatic heterocycles. The van der Waals surface area contributed by atoms with Crippen LogP contribution in [0.1, 0.15) is 51.1 Å². The minimum absolute atomic E-state index is 0.0226. The van der Waals surface area contributed by atoms with Crippen molar-refractivity contribution in [2.75, 3.05) is 6.61 Å². The van der Waals surface area contributed by atoms with Crippen molar-refractivity contribution < 1.29 is 4.74 Å². The van der Waals surface area contributed by atoms with E-state index in [1.54, 1.807) is 11.3 Å². The molecule has 2 nitrogen and oxygen atoms in total. The van der Waals surface area contributed by atoms with Gasteiger partial charge in [-0.2, -0.15) is 11.3 Å². The van der Waals surface area contributed by atoms with Gasteiger partial charge in [0.15, 0.2) is 0 Å². The molecule has 4 heteroatoms. The maximum absolute atomic E-state index is 6.53. The van der Waals surface area contributed by atoms with Gasteiger partial charge in [-0.3, -0.25) is 0 Å². The standard InChI is InChI=1S/C14H22BrNOS/c1-3-17-14(6-4-10(2)5-7-14)13(16)11-8-18-9-12(11)15/h8-10,13H,3-7,16H2,1-2H3. The van der Waals surface area contributed by atoms with Gasteiger partial charge in [-0.05, 0) is 65.4 Å². The lowest BCUT2D eigenvalue weighted by atomic mass is 9.74. The van der Waals surface area contributed by atoms with Crippen LogP contribution in [0, 0.1) is 5.92 Å². The maximum atomic E-state index is 6.53. The molecule has 1 atom stereocenters. The number of ether oxygens (including phenoxy) is 1. The Morgan fingerprint density at radius 2 is 2.17 bits per heavy atom. The summed E-state index contributed by atoms with van der Waals surface area (Å²) in [4.78, 5) is 0. The van der Waals surface area contributed by atoms with Crippen LogP contribution in [0.4, 0.5) is 0 Å². The molecule has 0 spiro atoms. The molecule has 2 rings (SSSR count). The molecule has 1 aromatic rings. The highest BCUT2D eigenvalue weighted by atomic mass is 79.9. The van der Waals surface area contributed by atoms with Gasteiger partial charge in [0.1, 0.15) is 0 Å². The zero-order valence-electron chi connectivity index (χ0n) is 11.1. The summed E-state index contributed by atoms with van der Waals surface area (Å²) >= 11 is 5.29. The number of thiophene rings is 1. The molecule has 1 saturated carbocycles. The van der Waals surface area contributed by atoms with Gasteiger partial charge < -0.3 is 10.5 Å². The van der Waals surface area contributed by atoms with Crippen LogP contribution < -0.4 is 5.73 Å². The van der Waals surface area contributed by atoms with E-state index in [9.17, 15) is 0 Å². The Labute approximate surface area is 122 Å². The highest BCUT2D eigenvalue weighted by Crippen LogP contribution is 2.44. The highest BCUT2D eigenvalue weighted by molar-refractivity contribution is 9.10. The Kier molecular flexibility index (Phi) is 4.86. The molecular weight excluding hydrogens is 310 g/mol. The largest absolute Gasteiger partial charge is 0.373 e. The predicted octanol–water partition coefficient (Wildman–Crippen LogP) is 4.50. The van der Waals surface area contributed by atoms with E-state index in [4.69, 9.17) is 10.5 Å². The average molecular weight is 332 g/mol. The van der Waals surface area contributed by atoms with E-state index < -0.39 is 0 Å². The minimum atomic E-state index is -0.162. The first kappa shape index (κ1) is 14.5. The molecule has 18 heavy (non-hydrogen) atoms. The van der Waals surface area contributed by atoms with Crippen molar-refractivity contribution in [2.24, 2.45) is 11.7 Å². The summed E-state index contributed by atoms with van der Waals surface area (Å²) in [6.07, 6.45) is 4.59. The summed E-state index contributed by atoms with van der Waals surface area (Å²) in [5.74, 6) is 0.802. The van der Waals surface area contributed by atoms with Crippen molar-refractivity contribution in [2.45, 2.75) is 51.2 Å². The Morgan fingerprint density at radius 3 is 2.67 bits per heavy atom. The van der Waals surface area contributed by atoms with Crippen molar-refractivity contribution in [3.05, 3.63) is 20.8 Å². The molecule has 2 N–H and O–H groups in total. The van der Waals surface area contributed by atoms with Crippen LogP contribution in [-0.4, -0.2) is 12.2 Å². The van der Waals surface area contributed by atoms with Crippen LogP contribution >= 0.6 is 27.3 Å². The number of nitrogens with two attached hydrogens (primary N) is 1. The molecule has 0 bridgehead atoms. The molecule has 1 fully saturated rings. The molecule has 0 aromatic carbocycles. The zero-order valence-corrected chi connectivity index (χ0v) is 13.5. The van der Waals surface area contributed by atoms with Crippen LogP contribution in [-0.2, 0) is 4.74 Å². The fourth-order valence-corrected chi connectivity index (χ4v) is 4.46. The molecule has 0 saturated heterocycles. The van der Waals surface area contributed by atoms with Crippen LogP contribution in [0.15, 0.2) is 15.2 Å². The summed E-state index contributed by atoms with van der Waals surface area (Å²) in [5, 5.41) is 4.24. The monoisotopic (exact) mass is 331 g/mol. The van der Waals surface area contributed by atoms with Crippen LogP contribution in [0.25, 0.3) is 0 Å². The molecule has 0 amide bonds. The van der Waals surface area contributed by atoms with Gasteiger partial charge in [-0.1, -0.05) is 6.92 Å². The third-order valence-electron chi connectivity index (χ3n) is 4.10. The van der Waals surface area contributed by atoms with Gasteiger partial charge in [0.25, 0.3) is 0 Å². The lowest BCUT2D eigenvalue weighted by Crippen LogP contribution is -2.46. The average Bonchev–Trinajstić information content (AvgIpc) is 2.78. The maximum Gasteiger partial charge on any atom is 0.0874 e. The van der Waals surface area contributed by atoms with Crippen molar-refractivity contribution in [3.63, 3.8) is 0 Å². The fraction of sp³-hybridized carbons (Fsp3) is 0.714. The van der Waals surface area contributed by atoms with E-state index in [-0.39, 0.29) is 11.6 Å². The van der Waals surface area contributed by atoms with E-state index >= 15 is 0 Å². The first-order chi connectivity index (χ1) is 8.59. The van der Waals surface area contributed by atoms with Gasteiger partial charge in [-0.25, -0.2) is 0 Å². The number of hydrogen-bond acceptors (Lipinski definition) is 3. The summed E-state index contributed by atoms with van der Waals surface area (Å²) in [6.45, 7) is 5.13. The van der Waals surface area contributed by atoms with E-state index in [0.717, 1.165) is 29.8 Å². The zero-order chi connectivity index (χ0) is 13.2. The SMILES string of the molecule is CCOC1(C(N)c2cscc2Br)CCC(C)CC1. The normalized spacial score (nSPS) is 30.3. The second kappa shape index (κ2) is 6.04. The smallest absolute Gasteiger partial charge is 0.0874 e. The van der Waals surface area contributed by atoms with Crippen molar-refractivity contribution >= 4 is 27.3 Å². The van der Waals surface area contributed by atoms with Crippen molar-refractivity contribution in [1.82, 2.24) is 0 Å². The molecule has 1 aliphatic carbocycles. The van der Waals surface area contributed by atoms with E-state index in [2.05, 4.69) is 40.5 Å². The summed E-state index contributed by atoms with van der Waals surface area (Å²) in [5.41, 5.74) is 7.57. The Balaban J connectivity index is 2.22. The topological polar surface area (TPSA) is 35.2 Å². The number of hydrogen-bond donors (Lipinski definition) is 1. The lowest BCUT2D eigenvalue weighted by Gasteiger charge is -2.43. The Bertz CT molecular complexity index is 385. The van der Waals surface area contributed by atoms with E-state index in [1.165, 1.54) is 18.4 Å². The highest BCUT2D eigenvalue weighted by Gasteiger charge is 2.41. The van der Waals surface area contributed by atoms with Crippen molar-refractivity contribution in [3.8, 4) is 0 Å². The molecule has 1 unspecified atom stereocenters. The van der Waals surface area contributed by atoms with Gasteiger partial charge in [-0.15, -0.1) is 0 Å². The number of halogens is 1. The quantitative estimate of drug-likeness (QED) is 0.881. The molecular formula is C14H22BrNOS. The lowest BCUT2D eigenvalue weighted by molar-refractivity contribution is -0.0897. The van der Waals surface area contributed by atoms with Crippen molar-refractivity contribution in [1.29, 1.82) is 0 Å². The van der Waals surface area contributed by atoms with Gasteiger partial charge in [0.2, 0.25) is 0 Å². The van der Waals surface area contributed by atoms with Crippen LogP contribution in [0.5, 0.6) is 0 Å². The molecule has 1 heterocycles. The first-order valence-corrected chi connectivity index (χ1v) is 8.44. The number of rotatable bonds is 4. The second-order valence-electron chi connectivity index (χ2n) is 5.33. The van der Waals surface area contributed by atoms with E-state index in [1.807, 2.05) is 0 Å². The Hall–Kier alpha value is 0.100. The molecule has 1 aromatic heterocycles. The summed E-state index contributed by atoms with van der Waals surface area (Å²) < 4.78 is 7.24. The Morgan fingerprint density at radius 1 is 1.50 bits per heavy atom. The van der Waals surface area contributed by atoms with Crippen LogP contribution in [0.2, 0.25) is 0 Å². The molecule has 1 aliphatic rings. The third kappa shape index (κ3) is 2.82. The first-order valence-electron chi connectivity index (χ1n) is 6.70. The second-order valence-corrected chi connectivity index (χ2v) is 6.93. The molecule has 102 valence electrons. The fourth-order valence-electron chi connectivity index (χ4n) is 2.88. The predicted molar refractivity (Wildman–Crippen MR) is 80.9 cm³/mol. The van der Waals surface area contributed by atoms with Gasteiger partial charge >= 0.3 is 0 Å². The third-order valence-corrected chi connectivity index (χ3v) is 5.85. The summed E-state index contributed by atoms with van der Waals surface area (Å²) in [6, 6.07) is -0.0226. The van der Waals surface area contributed by atoms with Gasteiger partial charge in [0.05, 0.1) is 11.6 Å².